The van der Waals surface area contributed by atoms with Gasteiger partial charge >= 0.3 is 0 Å². The molecule has 0 radical (unpaired) electrons. The van der Waals surface area contributed by atoms with E-state index in [9.17, 15) is 0 Å². The van der Waals surface area contributed by atoms with Gasteiger partial charge in [0.1, 0.15) is 0 Å². The molecule has 0 N–H and O–H groups in total. The minimum Gasteiger partial charge on any atom is -0.378 e. The Morgan fingerprint density at radius 1 is 1.11 bits per heavy atom. The van der Waals surface area contributed by atoms with E-state index in [-0.39, 0.29) is 1.43 Å². The molecule has 0 bridgehead atoms. The van der Waals surface area contributed by atoms with Gasteiger partial charge in [-0.1, -0.05) is 18.2 Å². The summed E-state index contributed by atoms with van der Waals surface area (Å²) in [4.78, 5) is 2.08. The molecule has 0 aliphatic heterocycles. The summed E-state index contributed by atoms with van der Waals surface area (Å²) in [5.41, 5.74) is 1.25. The molecule has 0 fully saturated rings. The molecule has 9 heavy (non-hydrogen) atoms. The van der Waals surface area contributed by atoms with Gasteiger partial charge in [-0.25, -0.2) is 0 Å². The molecule has 0 atom stereocenters. The molecule has 0 spiro atoms. The Bertz CT molecular complexity index is 172. The molecule has 50 valence electrons. The molecule has 0 amide bonds. The molecule has 0 aromatic heterocycles. The molecule has 0 saturated carbocycles. The lowest BCUT2D eigenvalue weighted by Gasteiger charge is -2.10. The zero-order valence-electron chi connectivity index (χ0n) is 5.83. The third-order valence-corrected chi connectivity index (χ3v) is 1.27. The molecule has 0 aliphatic rings. The van der Waals surface area contributed by atoms with Crippen molar-refractivity contribution in [2.75, 3.05) is 19.0 Å². The minimum absolute atomic E-state index is 0. The zero-order valence-corrected chi connectivity index (χ0v) is 5.83. The van der Waals surface area contributed by atoms with Crippen LogP contribution in [0.2, 0.25) is 0 Å². The first kappa shape index (κ1) is 6.14. The second-order valence-corrected chi connectivity index (χ2v) is 2.23. The lowest BCUT2D eigenvalue weighted by Crippen LogP contribution is -2.07. The number of hydrogen-bond acceptors (Lipinski definition) is 1. The Balaban J connectivity index is 0.000000810. The molecular weight excluding hydrogens is 110 g/mol. The zero-order chi connectivity index (χ0) is 6.69. The normalized spacial score (nSPS) is 9.11. The Morgan fingerprint density at radius 2 is 1.67 bits per heavy atom. The van der Waals surface area contributed by atoms with E-state index >= 15 is 0 Å². The summed E-state index contributed by atoms with van der Waals surface area (Å²) in [6.45, 7) is 0. The summed E-state index contributed by atoms with van der Waals surface area (Å²) in [5.74, 6) is 0. The molecule has 0 aliphatic carbocycles. The van der Waals surface area contributed by atoms with Gasteiger partial charge in [0.05, 0.1) is 0 Å². The maximum absolute atomic E-state index is 2.08. The molecular formula is C8H13N. The Morgan fingerprint density at radius 3 is 2.00 bits per heavy atom. The van der Waals surface area contributed by atoms with Crippen molar-refractivity contribution in [3.8, 4) is 0 Å². The fourth-order valence-corrected chi connectivity index (χ4v) is 0.726. The maximum Gasteiger partial charge on any atom is 0.0360 e. The van der Waals surface area contributed by atoms with E-state index in [0.29, 0.717) is 0 Å². The van der Waals surface area contributed by atoms with Gasteiger partial charge < -0.3 is 4.90 Å². The summed E-state index contributed by atoms with van der Waals surface area (Å²) in [5, 5.41) is 0. The van der Waals surface area contributed by atoms with Crippen LogP contribution < -0.4 is 4.90 Å². The fourth-order valence-electron chi connectivity index (χ4n) is 0.726. The Hall–Kier alpha value is -0.980. The highest BCUT2D eigenvalue weighted by Gasteiger charge is 1.87. The number of rotatable bonds is 1. The van der Waals surface area contributed by atoms with Crippen molar-refractivity contribution in [2.24, 2.45) is 0 Å². The van der Waals surface area contributed by atoms with E-state index in [1.54, 1.807) is 0 Å². The monoisotopic (exact) mass is 123 g/mol. The highest BCUT2D eigenvalue weighted by Crippen LogP contribution is 2.07. The van der Waals surface area contributed by atoms with Crippen molar-refractivity contribution in [3.05, 3.63) is 30.3 Å². The van der Waals surface area contributed by atoms with Crippen LogP contribution in [0.25, 0.3) is 0 Å². The SMILES string of the molecule is CN(C)c1ccccc1.[HH]. The predicted molar refractivity (Wildman–Crippen MR) is 42.9 cm³/mol. The summed E-state index contributed by atoms with van der Waals surface area (Å²) in [6, 6.07) is 10.3. The van der Waals surface area contributed by atoms with Gasteiger partial charge in [0, 0.05) is 21.2 Å². The summed E-state index contributed by atoms with van der Waals surface area (Å²) >= 11 is 0. The van der Waals surface area contributed by atoms with Crippen molar-refractivity contribution in [1.82, 2.24) is 0 Å². The molecule has 1 rings (SSSR count). The molecule has 1 nitrogen and oxygen atoms in total. The summed E-state index contributed by atoms with van der Waals surface area (Å²) < 4.78 is 0. The van der Waals surface area contributed by atoms with E-state index < -0.39 is 0 Å². The summed E-state index contributed by atoms with van der Waals surface area (Å²) in [7, 11) is 4.07. The Kier molecular flexibility index (Phi) is 1.73. The predicted octanol–water partition coefficient (Wildman–Crippen LogP) is 2.00. The average Bonchev–Trinajstić information content (AvgIpc) is 1.90. The smallest absolute Gasteiger partial charge is 0.0360 e. The number of nitrogens with zero attached hydrogens (tertiary/aromatic N) is 1. The van der Waals surface area contributed by atoms with E-state index in [1.807, 2.05) is 32.3 Å². The van der Waals surface area contributed by atoms with Crippen LogP contribution in [-0.4, -0.2) is 14.1 Å². The van der Waals surface area contributed by atoms with Crippen LogP contribution in [0.3, 0.4) is 0 Å². The molecule has 0 saturated heterocycles. The second-order valence-electron chi connectivity index (χ2n) is 2.23. The van der Waals surface area contributed by atoms with Crippen LogP contribution in [-0.2, 0) is 0 Å². The van der Waals surface area contributed by atoms with Crippen molar-refractivity contribution < 1.29 is 1.43 Å². The van der Waals surface area contributed by atoms with E-state index in [0.717, 1.165) is 0 Å². The van der Waals surface area contributed by atoms with E-state index in [2.05, 4.69) is 17.0 Å². The molecule has 1 heteroatoms. The number of hydrogen-bond donors (Lipinski definition) is 0. The highest BCUT2D eigenvalue weighted by molar-refractivity contribution is 5.43. The van der Waals surface area contributed by atoms with Crippen LogP contribution in [0.1, 0.15) is 1.43 Å². The van der Waals surface area contributed by atoms with Gasteiger partial charge in [-0.05, 0) is 12.1 Å². The van der Waals surface area contributed by atoms with Crippen LogP contribution in [0.4, 0.5) is 5.69 Å². The van der Waals surface area contributed by atoms with Gasteiger partial charge in [-0.2, -0.15) is 0 Å². The topological polar surface area (TPSA) is 3.24 Å². The molecule has 0 unspecified atom stereocenters. The third-order valence-electron chi connectivity index (χ3n) is 1.27. The van der Waals surface area contributed by atoms with Gasteiger partial charge in [-0.15, -0.1) is 0 Å². The maximum atomic E-state index is 2.08. The van der Waals surface area contributed by atoms with Gasteiger partial charge in [-0.3, -0.25) is 0 Å². The first-order chi connectivity index (χ1) is 4.30. The second kappa shape index (κ2) is 2.53. The fraction of sp³-hybridized carbons (Fsp3) is 0.250. The number of anilines is 1. The highest BCUT2D eigenvalue weighted by atomic mass is 15.1. The van der Waals surface area contributed by atoms with E-state index in [1.165, 1.54) is 5.69 Å². The minimum atomic E-state index is 0. The van der Waals surface area contributed by atoms with Gasteiger partial charge in [0.25, 0.3) is 0 Å². The van der Waals surface area contributed by atoms with Gasteiger partial charge in [0.15, 0.2) is 0 Å². The van der Waals surface area contributed by atoms with E-state index in [4.69, 9.17) is 0 Å². The van der Waals surface area contributed by atoms with Crippen molar-refractivity contribution >= 4 is 5.69 Å². The van der Waals surface area contributed by atoms with Gasteiger partial charge in [0.2, 0.25) is 0 Å². The van der Waals surface area contributed by atoms with Crippen molar-refractivity contribution in [3.63, 3.8) is 0 Å². The van der Waals surface area contributed by atoms with Crippen LogP contribution in [0, 0.1) is 0 Å². The lowest BCUT2D eigenvalue weighted by atomic mass is 10.3. The van der Waals surface area contributed by atoms with Crippen LogP contribution in [0.15, 0.2) is 30.3 Å². The standard InChI is InChI=1S/C8H11N.H2/c1-9(2)8-6-4-3-5-7-8;/h3-7H,1-2H3;1H. The molecule has 0 heterocycles. The molecule has 1 aromatic rings. The quantitative estimate of drug-likeness (QED) is 0.552. The van der Waals surface area contributed by atoms with Crippen molar-refractivity contribution in [1.29, 1.82) is 0 Å². The Labute approximate surface area is 57.4 Å². The lowest BCUT2D eigenvalue weighted by molar-refractivity contribution is 1.13. The molecule has 1 aromatic carbocycles. The number of benzene rings is 1. The first-order valence-corrected chi connectivity index (χ1v) is 3.03. The third kappa shape index (κ3) is 1.46. The number of para-hydroxylation sites is 1. The summed E-state index contributed by atoms with van der Waals surface area (Å²) in [6.07, 6.45) is 0. The van der Waals surface area contributed by atoms with Crippen molar-refractivity contribution in [2.45, 2.75) is 0 Å². The van der Waals surface area contributed by atoms with Crippen LogP contribution in [0.5, 0.6) is 0 Å². The largest absolute Gasteiger partial charge is 0.378 e. The first-order valence-electron chi connectivity index (χ1n) is 3.03. The average molecular weight is 123 g/mol. The van der Waals surface area contributed by atoms with Crippen LogP contribution >= 0.6 is 0 Å².